The topological polar surface area (TPSA) is 64.9 Å². The third-order valence-electron chi connectivity index (χ3n) is 2.05. The van der Waals surface area contributed by atoms with Crippen molar-refractivity contribution in [1.82, 2.24) is 4.98 Å². The third kappa shape index (κ3) is 2.97. The molecule has 1 aromatic carbocycles. The van der Waals surface area contributed by atoms with Gasteiger partial charge < -0.3 is 11.5 Å². The molecule has 0 bridgehead atoms. The van der Waals surface area contributed by atoms with Gasteiger partial charge in [-0.3, -0.25) is 0 Å². The second-order valence-electron chi connectivity index (χ2n) is 3.30. The highest BCUT2D eigenvalue weighted by molar-refractivity contribution is 7.99. The number of rotatable bonds is 2. The van der Waals surface area contributed by atoms with Crippen molar-refractivity contribution in [1.29, 1.82) is 0 Å². The van der Waals surface area contributed by atoms with Crippen LogP contribution in [0.15, 0.2) is 40.3 Å². The molecule has 0 saturated heterocycles. The number of nitrogen functional groups attached to an aromatic ring is 2. The molecule has 1 aromatic heterocycles. The number of halogens is 2. The SMILES string of the molecule is Nc1ccc(Sc2ccc(Cl)c(Cl)c2)nc1N. The Morgan fingerprint density at radius 3 is 2.41 bits per heavy atom. The Morgan fingerprint density at radius 2 is 1.76 bits per heavy atom. The number of benzene rings is 1. The van der Waals surface area contributed by atoms with Gasteiger partial charge >= 0.3 is 0 Å². The van der Waals surface area contributed by atoms with Gasteiger partial charge in [-0.2, -0.15) is 0 Å². The minimum absolute atomic E-state index is 0.329. The fraction of sp³-hybridized carbons (Fsp3) is 0. The van der Waals surface area contributed by atoms with E-state index < -0.39 is 0 Å². The lowest BCUT2D eigenvalue weighted by molar-refractivity contribution is 1.15. The fourth-order valence-electron chi connectivity index (χ4n) is 1.18. The molecule has 6 heteroatoms. The van der Waals surface area contributed by atoms with Crippen molar-refractivity contribution >= 4 is 46.5 Å². The molecule has 0 spiro atoms. The molecule has 0 atom stereocenters. The second-order valence-corrected chi connectivity index (χ2v) is 5.21. The summed E-state index contributed by atoms with van der Waals surface area (Å²) in [4.78, 5) is 5.10. The molecular weight excluding hydrogens is 277 g/mol. The van der Waals surface area contributed by atoms with Crippen LogP contribution in [0.2, 0.25) is 10.0 Å². The highest BCUT2D eigenvalue weighted by Crippen LogP contribution is 2.32. The van der Waals surface area contributed by atoms with Crippen molar-refractivity contribution in [3.63, 3.8) is 0 Å². The van der Waals surface area contributed by atoms with E-state index in [-0.39, 0.29) is 0 Å². The molecule has 88 valence electrons. The summed E-state index contributed by atoms with van der Waals surface area (Å²) in [6.07, 6.45) is 0. The molecule has 0 unspecified atom stereocenters. The van der Waals surface area contributed by atoms with Gasteiger partial charge in [0.25, 0.3) is 0 Å². The van der Waals surface area contributed by atoms with E-state index >= 15 is 0 Å². The maximum atomic E-state index is 5.93. The average molecular weight is 286 g/mol. The van der Waals surface area contributed by atoms with Crippen LogP contribution in [-0.4, -0.2) is 4.98 Å². The van der Waals surface area contributed by atoms with Crippen molar-refractivity contribution in [3.05, 3.63) is 40.4 Å². The molecule has 17 heavy (non-hydrogen) atoms. The lowest BCUT2D eigenvalue weighted by Gasteiger charge is -2.04. The standard InChI is InChI=1S/C11H9Cl2N3S/c12-7-2-1-6(5-8(7)13)17-10-4-3-9(14)11(15)16-10/h1-5H,14H2,(H2,15,16). The first-order chi connectivity index (χ1) is 8.06. The van der Waals surface area contributed by atoms with E-state index in [9.17, 15) is 0 Å². The van der Waals surface area contributed by atoms with Gasteiger partial charge in [0, 0.05) is 4.90 Å². The molecule has 0 amide bonds. The van der Waals surface area contributed by atoms with E-state index in [1.54, 1.807) is 24.3 Å². The maximum absolute atomic E-state index is 5.93. The molecule has 0 saturated carbocycles. The van der Waals surface area contributed by atoms with E-state index in [0.717, 1.165) is 9.92 Å². The lowest BCUT2D eigenvalue weighted by Crippen LogP contribution is -1.97. The van der Waals surface area contributed by atoms with Gasteiger partial charge in [0.1, 0.15) is 10.8 Å². The maximum Gasteiger partial charge on any atom is 0.147 e. The van der Waals surface area contributed by atoms with Crippen molar-refractivity contribution in [2.24, 2.45) is 0 Å². The minimum Gasteiger partial charge on any atom is -0.396 e. The Labute approximate surface area is 113 Å². The minimum atomic E-state index is 0.329. The van der Waals surface area contributed by atoms with Crippen molar-refractivity contribution in [2.75, 3.05) is 11.5 Å². The summed E-state index contributed by atoms with van der Waals surface area (Å²) in [5.41, 5.74) is 11.7. The Hall–Kier alpha value is -1.10. The summed E-state index contributed by atoms with van der Waals surface area (Å²) in [6.45, 7) is 0. The number of hydrogen-bond acceptors (Lipinski definition) is 4. The van der Waals surface area contributed by atoms with Crippen LogP contribution in [0.5, 0.6) is 0 Å². The zero-order valence-electron chi connectivity index (χ0n) is 8.65. The first kappa shape index (κ1) is 12.4. The van der Waals surface area contributed by atoms with Crippen molar-refractivity contribution in [3.8, 4) is 0 Å². The summed E-state index contributed by atoms with van der Waals surface area (Å²) >= 11 is 13.2. The molecule has 2 aromatic rings. The van der Waals surface area contributed by atoms with Gasteiger partial charge in [-0.25, -0.2) is 4.98 Å². The summed E-state index contributed by atoms with van der Waals surface area (Å²) < 4.78 is 0. The summed E-state index contributed by atoms with van der Waals surface area (Å²) in [5, 5.41) is 1.80. The molecule has 4 N–H and O–H groups in total. The molecular formula is C11H9Cl2N3S. The average Bonchev–Trinajstić information content (AvgIpc) is 2.29. The van der Waals surface area contributed by atoms with Crippen LogP contribution in [0.4, 0.5) is 11.5 Å². The number of hydrogen-bond donors (Lipinski definition) is 2. The van der Waals surface area contributed by atoms with Gasteiger partial charge in [0.15, 0.2) is 0 Å². The normalized spacial score (nSPS) is 10.5. The van der Waals surface area contributed by atoms with E-state index in [2.05, 4.69) is 4.98 Å². The number of anilines is 2. The van der Waals surface area contributed by atoms with Crippen molar-refractivity contribution in [2.45, 2.75) is 9.92 Å². The van der Waals surface area contributed by atoms with Crippen LogP contribution >= 0.6 is 35.0 Å². The summed E-state index contributed by atoms with van der Waals surface area (Å²) in [6, 6.07) is 8.92. The molecule has 1 heterocycles. The van der Waals surface area contributed by atoms with E-state index in [1.165, 1.54) is 11.8 Å². The first-order valence-corrected chi connectivity index (χ1v) is 6.28. The van der Waals surface area contributed by atoms with Crippen LogP contribution in [-0.2, 0) is 0 Å². The zero-order valence-corrected chi connectivity index (χ0v) is 11.0. The van der Waals surface area contributed by atoms with Crippen LogP contribution < -0.4 is 11.5 Å². The van der Waals surface area contributed by atoms with E-state index in [0.29, 0.717) is 21.6 Å². The van der Waals surface area contributed by atoms with E-state index in [1.807, 2.05) is 6.07 Å². The molecule has 0 aliphatic carbocycles. The molecule has 0 fully saturated rings. The highest BCUT2D eigenvalue weighted by Gasteiger charge is 2.04. The van der Waals surface area contributed by atoms with Crippen LogP contribution in [0.1, 0.15) is 0 Å². The smallest absolute Gasteiger partial charge is 0.147 e. The van der Waals surface area contributed by atoms with Crippen molar-refractivity contribution < 1.29 is 0 Å². The number of pyridine rings is 1. The van der Waals surface area contributed by atoms with Gasteiger partial charge in [0.05, 0.1) is 15.7 Å². The van der Waals surface area contributed by atoms with Gasteiger partial charge in [-0.15, -0.1) is 0 Å². The number of aromatic nitrogens is 1. The van der Waals surface area contributed by atoms with E-state index in [4.69, 9.17) is 34.7 Å². The molecule has 0 radical (unpaired) electrons. The predicted molar refractivity (Wildman–Crippen MR) is 73.6 cm³/mol. The third-order valence-corrected chi connectivity index (χ3v) is 3.71. The molecule has 0 aliphatic heterocycles. The quantitative estimate of drug-likeness (QED) is 0.883. The largest absolute Gasteiger partial charge is 0.396 e. The zero-order chi connectivity index (χ0) is 12.4. The summed E-state index contributed by atoms with van der Waals surface area (Å²) in [7, 11) is 0. The Morgan fingerprint density at radius 1 is 1.00 bits per heavy atom. The molecule has 2 rings (SSSR count). The summed E-state index contributed by atoms with van der Waals surface area (Å²) in [5.74, 6) is 0.329. The number of nitrogens with zero attached hydrogens (tertiary/aromatic N) is 1. The fourth-order valence-corrected chi connectivity index (χ4v) is 2.38. The van der Waals surface area contributed by atoms with Crippen LogP contribution in [0.3, 0.4) is 0 Å². The molecule has 0 aliphatic rings. The monoisotopic (exact) mass is 285 g/mol. The van der Waals surface area contributed by atoms with Crippen LogP contribution in [0, 0.1) is 0 Å². The number of nitrogens with two attached hydrogens (primary N) is 2. The predicted octanol–water partition coefficient (Wildman–Crippen LogP) is 3.70. The second kappa shape index (κ2) is 5.04. The highest BCUT2D eigenvalue weighted by atomic mass is 35.5. The Balaban J connectivity index is 2.25. The van der Waals surface area contributed by atoms with Crippen LogP contribution in [0.25, 0.3) is 0 Å². The Kier molecular flexibility index (Phi) is 3.66. The van der Waals surface area contributed by atoms with Gasteiger partial charge in [-0.1, -0.05) is 35.0 Å². The van der Waals surface area contributed by atoms with Gasteiger partial charge in [-0.05, 0) is 30.3 Å². The Bertz CT molecular complexity index is 511. The molecule has 3 nitrogen and oxygen atoms in total. The lowest BCUT2D eigenvalue weighted by atomic mass is 10.4. The first-order valence-electron chi connectivity index (χ1n) is 4.71. The van der Waals surface area contributed by atoms with Gasteiger partial charge in [0.2, 0.25) is 0 Å².